The van der Waals surface area contributed by atoms with E-state index in [0.29, 0.717) is 5.56 Å². The van der Waals surface area contributed by atoms with Gasteiger partial charge in [-0.3, -0.25) is 0 Å². The molecule has 2 nitrogen and oxygen atoms in total. The van der Waals surface area contributed by atoms with Crippen LogP contribution in [0.4, 0.5) is 8.78 Å². The van der Waals surface area contributed by atoms with Crippen molar-refractivity contribution in [3.05, 3.63) is 64.2 Å². The van der Waals surface area contributed by atoms with Crippen molar-refractivity contribution in [1.29, 1.82) is 5.26 Å². The van der Waals surface area contributed by atoms with Gasteiger partial charge in [-0.15, -0.1) is 0 Å². The van der Waals surface area contributed by atoms with Crippen LogP contribution in [0.15, 0.2) is 36.4 Å². The fourth-order valence-corrected chi connectivity index (χ4v) is 1.60. The first kappa shape index (κ1) is 13.3. The van der Waals surface area contributed by atoms with Crippen molar-refractivity contribution in [3.63, 3.8) is 0 Å². The standard InChI is InChI=1S/C14H8ClF2NO/c15-12-3-2-11(6-14(12)17)19-8-10-5-9(7-18)1-4-13(10)16/h1-6H,8H2. The summed E-state index contributed by atoms with van der Waals surface area (Å²) in [5.74, 6) is -0.845. The number of rotatable bonds is 3. The van der Waals surface area contributed by atoms with Crippen molar-refractivity contribution < 1.29 is 13.5 Å². The molecule has 96 valence electrons. The first-order valence-corrected chi connectivity index (χ1v) is 5.74. The Morgan fingerprint density at radius 2 is 1.89 bits per heavy atom. The molecule has 0 atom stereocenters. The fraction of sp³-hybridized carbons (Fsp3) is 0.0714. The van der Waals surface area contributed by atoms with Crippen LogP contribution in [0.25, 0.3) is 0 Å². The van der Waals surface area contributed by atoms with E-state index in [4.69, 9.17) is 21.6 Å². The molecule has 0 radical (unpaired) electrons. The molecule has 0 amide bonds. The Labute approximate surface area is 113 Å². The minimum absolute atomic E-state index is 0.00925. The Kier molecular flexibility index (Phi) is 3.98. The molecule has 5 heteroatoms. The monoisotopic (exact) mass is 279 g/mol. The van der Waals surface area contributed by atoms with Crippen molar-refractivity contribution >= 4 is 11.6 Å². The number of hydrogen-bond acceptors (Lipinski definition) is 2. The SMILES string of the molecule is N#Cc1ccc(F)c(COc2ccc(Cl)c(F)c2)c1. The lowest BCUT2D eigenvalue weighted by Gasteiger charge is -2.08. The smallest absolute Gasteiger partial charge is 0.145 e. The topological polar surface area (TPSA) is 33.0 Å². The Bertz CT molecular complexity index is 652. The summed E-state index contributed by atoms with van der Waals surface area (Å²) in [7, 11) is 0. The molecule has 0 aliphatic heterocycles. The summed E-state index contributed by atoms with van der Waals surface area (Å²) >= 11 is 5.54. The number of nitriles is 1. The highest BCUT2D eigenvalue weighted by Crippen LogP contribution is 2.21. The van der Waals surface area contributed by atoms with Crippen molar-refractivity contribution in [2.24, 2.45) is 0 Å². The van der Waals surface area contributed by atoms with Gasteiger partial charge in [-0.25, -0.2) is 8.78 Å². The van der Waals surface area contributed by atoms with E-state index in [-0.39, 0.29) is 22.9 Å². The molecule has 19 heavy (non-hydrogen) atoms. The van der Waals surface area contributed by atoms with Gasteiger partial charge in [0.1, 0.15) is 24.0 Å². The van der Waals surface area contributed by atoms with E-state index in [1.165, 1.54) is 30.3 Å². The van der Waals surface area contributed by atoms with Gasteiger partial charge in [-0.1, -0.05) is 11.6 Å². The molecule has 2 aromatic rings. The number of halogens is 3. The van der Waals surface area contributed by atoms with Gasteiger partial charge in [0.2, 0.25) is 0 Å². The van der Waals surface area contributed by atoms with E-state index in [9.17, 15) is 8.78 Å². The lowest BCUT2D eigenvalue weighted by atomic mass is 10.1. The lowest BCUT2D eigenvalue weighted by Crippen LogP contribution is -1.99. The van der Waals surface area contributed by atoms with Crippen LogP contribution < -0.4 is 4.74 Å². The molecule has 2 rings (SSSR count). The highest BCUT2D eigenvalue weighted by Gasteiger charge is 2.06. The lowest BCUT2D eigenvalue weighted by molar-refractivity contribution is 0.298. The van der Waals surface area contributed by atoms with Crippen LogP contribution >= 0.6 is 11.6 Å². The zero-order chi connectivity index (χ0) is 13.8. The van der Waals surface area contributed by atoms with Crippen molar-refractivity contribution in [3.8, 4) is 11.8 Å². The van der Waals surface area contributed by atoms with Gasteiger partial charge >= 0.3 is 0 Å². The normalized spacial score (nSPS) is 10.0. The summed E-state index contributed by atoms with van der Waals surface area (Å²) in [5, 5.41) is 8.72. The summed E-state index contributed by atoms with van der Waals surface area (Å²) in [6.07, 6.45) is 0. The summed E-state index contributed by atoms with van der Waals surface area (Å²) < 4.78 is 31.9. The number of ether oxygens (including phenoxy) is 1. The molecule has 0 bridgehead atoms. The molecule has 0 saturated heterocycles. The average molecular weight is 280 g/mol. The Hall–Kier alpha value is -2.12. The van der Waals surface area contributed by atoms with Crippen LogP contribution in [0, 0.1) is 23.0 Å². The summed E-state index contributed by atoms with van der Waals surface area (Å²) in [6, 6.07) is 9.83. The van der Waals surface area contributed by atoms with Gasteiger partial charge in [-0.2, -0.15) is 5.26 Å². The third-order valence-electron chi connectivity index (χ3n) is 2.46. The van der Waals surface area contributed by atoms with E-state index in [0.717, 1.165) is 6.07 Å². The maximum atomic E-state index is 13.5. The predicted molar refractivity (Wildman–Crippen MR) is 66.9 cm³/mol. The number of hydrogen-bond donors (Lipinski definition) is 0. The fourth-order valence-electron chi connectivity index (χ4n) is 1.48. The molecule has 0 fully saturated rings. The summed E-state index contributed by atoms with van der Waals surface area (Å²) in [6.45, 7) is -0.0948. The Morgan fingerprint density at radius 3 is 2.58 bits per heavy atom. The van der Waals surface area contributed by atoms with Crippen molar-refractivity contribution in [1.82, 2.24) is 0 Å². The van der Waals surface area contributed by atoms with E-state index in [2.05, 4.69) is 0 Å². The molecule has 0 unspecified atom stereocenters. The molecule has 0 aliphatic rings. The van der Waals surface area contributed by atoms with Crippen LogP contribution in [-0.2, 0) is 6.61 Å². The first-order chi connectivity index (χ1) is 9.10. The largest absolute Gasteiger partial charge is 0.489 e. The van der Waals surface area contributed by atoms with Crippen molar-refractivity contribution in [2.75, 3.05) is 0 Å². The van der Waals surface area contributed by atoms with Gasteiger partial charge < -0.3 is 4.74 Å². The Balaban J connectivity index is 2.14. The van der Waals surface area contributed by atoms with Gasteiger partial charge in [0.05, 0.1) is 16.7 Å². The second-order valence-corrected chi connectivity index (χ2v) is 4.19. The van der Waals surface area contributed by atoms with E-state index < -0.39 is 11.6 Å². The molecule has 0 heterocycles. The highest BCUT2D eigenvalue weighted by atomic mass is 35.5. The third-order valence-corrected chi connectivity index (χ3v) is 2.77. The summed E-state index contributed by atoms with van der Waals surface area (Å²) in [4.78, 5) is 0. The minimum Gasteiger partial charge on any atom is -0.489 e. The van der Waals surface area contributed by atoms with Crippen LogP contribution in [0.3, 0.4) is 0 Å². The van der Waals surface area contributed by atoms with Crippen molar-refractivity contribution in [2.45, 2.75) is 6.61 Å². The zero-order valence-electron chi connectivity index (χ0n) is 9.66. The number of benzene rings is 2. The molecule has 0 N–H and O–H groups in total. The van der Waals surface area contributed by atoms with Crippen LogP contribution in [0.5, 0.6) is 5.75 Å². The molecule has 0 spiro atoms. The van der Waals surface area contributed by atoms with Gasteiger partial charge in [-0.05, 0) is 30.3 Å². The van der Waals surface area contributed by atoms with Gasteiger partial charge in [0.25, 0.3) is 0 Å². The quantitative estimate of drug-likeness (QED) is 0.848. The van der Waals surface area contributed by atoms with Crippen LogP contribution in [0.2, 0.25) is 5.02 Å². The molecule has 0 aliphatic carbocycles. The summed E-state index contributed by atoms with van der Waals surface area (Å²) in [5.41, 5.74) is 0.566. The van der Waals surface area contributed by atoms with E-state index in [1.807, 2.05) is 6.07 Å². The van der Waals surface area contributed by atoms with Crippen LogP contribution in [0.1, 0.15) is 11.1 Å². The zero-order valence-corrected chi connectivity index (χ0v) is 10.4. The molecular formula is C14H8ClF2NO. The second-order valence-electron chi connectivity index (χ2n) is 3.78. The van der Waals surface area contributed by atoms with Gasteiger partial charge in [0.15, 0.2) is 0 Å². The maximum Gasteiger partial charge on any atom is 0.145 e. The molecule has 2 aromatic carbocycles. The van der Waals surface area contributed by atoms with Gasteiger partial charge in [0, 0.05) is 11.6 Å². The highest BCUT2D eigenvalue weighted by molar-refractivity contribution is 6.30. The predicted octanol–water partition coefficient (Wildman–Crippen LogP) is 4.07. The molecule has 0 aromatic heterocycles. The number of nitrogens with zero attached hydrogens (tertiary/aromatic N) is 1. The maximum absolute atomic E-state index is 13.5. The van der Waals surface area contributed by atoms with E-state index >= 15 is 0 Å². The first-order valence-electron chi connectivity index (χ1n) is 5.36. The minimum atomic E-state index is -0.606. The van der Waals surface area contributed by atoms with Crippen LogP contribution in [-0.4, -0.2) is 0 Å². The Morgan fingerprint density at radius 1 is 1.11 bits per heavy atom. The third kappa shape index (κ3) is 3.21. The van der Waals surface area contributed by atoms with E-state index in [1.54, 1.807) is 0 Å². The molecular weight excluding hydrogens is 272 g/mol. The average Bonchev–Trinajstić information content (AvgIpc) is 2.41. The molecule has 0 saturated carbocycles. The second kappa shape index (κ2) is 5.68.